The van der Waals surface area contributed by atoms with E-state index < -0.39 is 18.1 Å². The highest BCUT2D eigenvalue weighted by Crippen LogP contribution is 2.27. The van der Waals surface area contributed by atoms with E-state index in [4.69, 9.17) is 16.2 Å². The largest absolute Gasteiger partial charge is 0.482 e. The number of Topliss-reactive ketones (excluding diaryl/α,β-unsaturated/α-hetero) is 1. The molecular weight excluding hydrogens is 232 g/mol. The van der Waals surface area contributed by atoms with Gasteiger partial charge in [-0.15, -0.1) is 0 Å². The number of fused-ring (bicyclic) bond motifs is 1. The molecule has 5 heteroatoms. The van der Waals surface area contributed by atoms with Gasteiger partial charge < -0.3 is 16.2 Å². The van der Waals surface area contributed by atoms with Crippen LogP contribution < -0.4 is 16.2 Å². The van der Waals surface area contributed by atoms with Crippen molar-refractivity contribution in [2.75, 3.05) is 0 Å². The maximum Gasteiger partial charge on any atom is 0.219 e. The minimum atomic E-state index is -0.877. The van der Waals surface area contributed by atoms with Crippen molar-refractivity contribution in [2.45, 2.75) is 31.4 Å². The first-order chi connectivity index (χ1) is 8.58. The molecule has 2 rings (SSSR count). The predicted molar refractivity (Wildman–Crippen MR) is 66.0 cm³/mol. The number of primary amides is 1. The van der Waals surface area contributed by atoms with E-state index in [1.165, 1.54) is 0 Å². The van der Waals surface area contributed by atoms with Gasteiger partial charge in [0.2, 0.25) is 5.91 Å². The second-order valence-corrected chi connectivity index (χ2v) is 4.43. The van der Waals surface area contributed by atoms with Gasteiger partial charge in [-0.1, -0.05) is 18.2 Å². The lowest BCUT2D eigenvalue weighted by Gasteiger charge is -2.26. The highest BCUT2D eigenvalue weighted by Gasteiger charge is 2.30. The fourth-order valence-corrected chi connectivity index (χ4v) is 2.08. The van der Waals surface area contributed by atoms with Crippen LogP contribution in [0.2, 0.25) is 0 Å². The van der Waals surface area contributed by atoms with Crippen molar-refractivity contribution in [2.24, 2.45) is 11.5 Å². The molecule has 0 radical (unpaired) electrons. The van der Waals surface area contributed by atoms with Crippen LogP contribution in [0.3, 0.4) is 0 Å². The number of aryl methyl sites for hydroxylation is 1. The summed E-state index contributed by atoms with van der Waals surface area (Å²) >= 11 is 0. The van der Waals surface area contributed by atoms with Gasteiger partial charge in [0.25, 0.3) is 0 Å². The second kappa shape index (κ2) is 5.18. The van der Waals surface area contributed by atoms with E-state index in [0.717, 1.165) is 12.0 Å². The Kier molecular flexibility index (Phi) is 3.62. The number of amides is 1. The Hall–Kier alpha value is -1.88. The summed E-state index contributed by atoms with van der Waals surface area (Å²) in [5, 5.41) is 0. The van der Waals surface area contributed by atoms with Crippen LogP contribution in [-0.2, 0) is 16.0 Å². The molecule has 0 spiro atoms. The minimum absolute atomic E-state index is 0.139. The number of hydrogen-bond acceptors (Lipinski definition) is 4. The van der Waals surface area contributed by atoms with Crippen molar-refractivity contribution in [1.82, 2.24) is 0 Å². The molecule has 1 aromatic rings. The topological polar surface area (TPSA) is 95.4 Å². The zero-order chi connectivity index (χ0) is 13.1. The van der Waals surface area contributed by atoms with Crippen LogP contribution in [0.5, 0.6) is 5.75 Å². The fourth-order valence-electron chi connectivity index (χ4n) is 2.08. The summed E-state index contributed by atoms with van der Waals surface area (Å²) in [6.45, 7) is 0. The van der Waals surface area contributed by atoms with E-state index in [1.807, 2.05) is 24.3 Å². The quantitative estimate of drug-likeness (QED) is 0.793. The SMILES string of the molecule is NC(=O)C[C@H](N)C(=O)C1CCc2ccccc2O1. The molecule has 1 unspecified atom stereocenters. The molecule has 0 fully saturated rings. The van der Waals surface area contributed by atoms with Crippen molar-refractivity contribution in [3.05, 3.63) is 29.8 Å². The van der Waals surface area contributed by atoms with Crippen LogP contribution in [-0.4, -0.2) is 23.8 Å². The summed E-state index contributed by atoms with van der Waals surface area (Å²) in [6.07, 6.45) is 0.646. The third-order valence-corrected chi connectivity index (χ3v) is 3.02. The van der Waals surface area contributed by atoms with Crippen LogP contribution in [0.1, 0.15) is 18.4 Å². The van der Waals surface area contributed by atoms with Crippen molar-refractivity contribution >= 4 is 11.7 Å². The first-order valence-electron chi connectivity index (χ1n) is 5.90. The minimum Gasteiger partial charge on any atom is -0.482 e. The average molecular weight is 248 g/mol. The molecule has 0 saturated carbocycles. The van der Waals surface area contributed by atoms with E-state index in [1.54, 1.807) is 0 Å². The standard InChI is InChI=1S/C13H16N2O3/c14-9(7-12(15)16)13(17)11-6-5-8-3-1-2-4-10(8)18-11/h1-4,9,11H,5-7,14H2,(H2,15,16)/t9-,11?/m0/s1. The van der Waals surface area contributed by atoms with Crippen LogP contribution in [0.25, 0.3) is 0 Å². The molecular formula is C13H16N2O3. The van der Waals surface area contributed by atoms with Gasteiger partial charge in [-0.05, 0) is 24.5 Å². The number of hydrogen-bond donors (Lipinski definition) is 2. The van der Waals surface area contributed by atoms with Crippen molar-refractivity contribution in [3.8, 4) is 5.75 Å². The number of ketones is 1. The Morgan fingerprint density at radius 3 is 2.83 bits per heavy atom. The zero-order valence-electron chi connectivity index (χ0n) is 9.96. The highest BCUT2D eigenvalue weighted by molar-refractivity contribution is 5.92. The third-order valence-electron chi connectivity index (χ3n) is 3.02. The lowest BCUT2D eigenvalue weighted by molar-refractivity contribution is -0.130. The normalized spacial score (nSPS) is 19.5. The number of nitrogens with two attached hydrogens (primary N) is 2. The molecule has 0 aromatic heterocycles. The molecule has 2 atom stereocenters. The zero-order valence-corrected chi connectivity index (χ0v) is 9.96. The lowest BCUT2D eigenvalue weighted by atomic mass is 9.96. The Bertz CT molecular complexity index is 473. The van der Waals surface area contributed by atoms with Gasteiger partial charge in [0.1, 0.15) is 5.75 Å². The van der Waals surface area contributed by atoms with Gasteiger partial charge in [0.05, 0.1) is 6.04 Å². The molecule has 1 heterocycles. The van der Waals surface area contributed by atoms with E-state index in [9.17, 15) is 9.59 Å². The Morgan fingerprint density at radius 1 is 1.39 bits per heavy atom. The van der Waals surface area contributed by atoms with Gasteiger partial charge in [-0.25, -0.2) is 0 Å². The molecule has 18 heavy (non-hydrogen) atoms. The summed E-state index contributed by atoms with van der Waals surface area (Å²) in [5.74, 6) is -0.122. The predicted octanol–water partition coefficient (Wildman–Crippen LogP) is 0.152. The summed E-state index contributed by atoms with van der Waals surface area (Å²) < 4.78 is 5.61. The molecule has 1 aromatic carbocycles. The summed E-state index contributed by atoms with van der Waals surface area (Å²) in [4.78, 5) is 22.7. The third kappa shape index (κ3) is 2.68. The van der Waals surface area contributed by atoms with Crippen LogP contribution >= 0.6 is 0 Å². The molecule has 5 nitrogen and oxygen atoms in total. The van der Waals surface area contributed by atoms with Gasteiger partial charge in [0.15, 0.2) is 11.9 Å². The highest BCUT2D eigenvalue weighted by atomic mass is 16.5. The number of benzene rings is 1. The number of rotatable bonds is 4. The molecule has 1 aliphatic heterocycles. The Balaban J connectivity index is 2.04. The molecule has 96 valence electrons. The number of carbonyl (C=O) groups excluding carboxylic acids is 2. The van der Waals surface area contributed by atoms with Crippen molar-refractivity contribution in [1.29, 1.82) is 0 Å². The lowest BCUT2D eigenvalue weighted by Crippen LogP contribution is -2.44. The van der Waals surface area contributed by atoms with Gasteiger partial charge in [-0.3, -0.25) is 9.59 Å². The number of para-hydroxylation sites is 1. The van der Waals surface area contributed by atoms with E-state index in [2.05, 4.69) is 0 Å². The monoisotopic (exact) mass is 248 g/mol. The van der Waals surface area contributed by atoms with E-state index in [0.29, 0.717) is 12.2 Å². The van der Waals surface area contributed by atoms with Crippen LogP contribution in [0.4, 0.5) is 0 Å². The molecule has 1 amide bonds. The maximum atomic E-state index is 12.0. The fraction of sp³-hybridized carbons (Fsp3) is 0.385. The second-order valence-electron chi connectivity index (χ2n) is 4.43. The maximum absolute atomic E-state index is 12.0. The van der Waals surface area contributed by atoms with Crippen LogP contribution in [0, 0.1) is 0 Å². The summed E-state index contributed by atoms with van der Waals surface area (Å²) in [5.41, 5.74) is 11.8. The van der Waals surface area contributed by atoms with Gasteiger partial charge >= 0.3 is 0 Å². The molecule has 0 bridgehead atoms. The molecule has 1 aliphatic rings. The molecule has 4 N–H and O–H groups in total. The van der Waals surface area contributed by atoms with Gasteiger partial charge in [0, 0.05) is 6.42 Å². The smallest absolute Gasteiger partial charge is 0.219 e. The van der Waals surface area contributed by atoms with E-state index in [-0.39, 0.29) is 12.2 Å². The average Bonchev–Trinajstić information content (AvgIpc) is 2.36. The summed E-state index contributed by atoms with van der Waals surface area (Å²) in [6, 6.07) is 6.71. The number of carbonyl (C=O) groups is 2. The molecule has 0 aliphatic carbocycles. The van der Waals surface area contributed by atoms with Crippen molar-refractivity contribution in [3.63, 3.8) is 0 Å². The summed E-state index contributed by atoms with van der Waals surface area (Å²) in [7, 11) is 0. The Morgan fingerprint density at radius 2 is 2.11 bits per heavy atom. The number of ether oxygens (including phenoxy) is 1. The van der Waals surface area contributed by atoms with Gasteiger partial charge in [-0.2, -0.15) is 0 Å². The van der Waals surface area contributed by atoms with E-state index >= 15 is 0 Å². The van der Waals surface area contributed by atoms with Crippen LogP contribution in [0.15, 0.2) is 24.3 Å². The first-order valence-corrected chi connectivity index (χ1v) is 5.90. The first kappa shape index (κ1) is 12.6. The Labute approximate surface area is 105 Å². The molecule has 0 saturated heterocycles. The van der Waals surface area contributed by atoms with Crippen molar-refractivity contribution < 1.29 is 14.3 Å².